The van der Waals surface area contributed by atoms with Gasteiger partial charge < -0.3 is 5.32 Å². The molecule has 2 aromatic rings. The van der Waals surface area contributed by atoms with E-state index >= 15 is 0 Å². The van der Waals surface area contributed by atoms with Crippen LogP contribution in [0.4, 0.5) is 0 Å². The van der Waals surface area contributed by atoms with Crippen molar-refractivity contribution in [2.24, 2.45) is 0 Å². The van der Waals surface area contributed by atoms with E-state index in [2.05, 4.69) is 21.4 Å². The Morgan fingerprint density at radius 3 is 3.29 bits per heavy atom. The molecule has 14 heavy (non-hydrogen) atoms. The molecule has 2 aromatic heterocycles. The zero-order valence-electron chi connectivity index (χ0n) is 7.73. The van der Waals surface area contributed by atoms with Crippen molar-refractivity contribution in [3.05, 3.63) is 23.3 Å². The zero-order chi connectivity index (χ0) is 9.38. The predicted octanol–water partition coefficient (Wildman–Crippen LogP) is 1.77. The van der Waals surface area contributed by atoms with Gasteiger partial charge in [0.05, 0.1) is 5.51 Å². The van der Waals surface area contributed by atoms with Crippen molar-refractivity contribution in [2.45, 2.75) is 12.3 Å². The van der Waals surface area contributed by atoms with Crippen LogP contribution in [-0.4, -0.2) is 23.1 Å². The maximum atomic E-state index is 4.39. The largest absolute Gasteiger partial charge is 0.316 e. The first-order valence-electron chi connectivity index (χ1n) is 4.84. The van der Waals surface area contributed by atoms with Gasteiger partial charge in [0.1, 0.15) is 10.3 Å². The van der Waals surface area contributed by atoms with Crippen LogP contribution in [0.2, 0.25) is 0 Å². The highest BCUT2D eigenvalue weighted by Gasteiger charge is 2.19. The van der Waals surface area contributed by atoms with E-state index in [9.17, 15) is 0 Å². The Bertz CT molecular complexity index is 445. The average Bonchev–Trinajstić information content (AvgIpc) is 2.88. The lowest BCUT2D eigenvalue weighted by Crippen LogP contribution is -2.08. The number of rotatable bonds is 1. The fourth-order valence-electron chi connectivity index (χ4n) is 2.04. The molecule has 1 unspecified atom stereocenters. The molecule has 4 heteroatoms. The van der Waals surface area contributed by atoms with Gasteiger partial charge >= 0.3 is 0 Å². The summed E-state index contributed by atoms with van der Waals surface area (Å²) < 4.78 is 0. The van der Waals surface area contributed by atoms with Gasteiger partial charge in [-0.05, 0) is 30.5 Å². The second-order valence-corrected chi connectivity index (χ2v) is 4.43. The summed E-state index contributed by atoms with van der Waals surface area (Å²) in [4.78, 5) is 9.76. The maximum Gasteiger partial charge on any atom is 0.143 e. The Balaban J connectivity index is 2.14. The lowest BCUT2D eigenvalue weighted by atomic mass is 9.99. The van der Waals surface area contributed by atoms with Gasteiger partial charge in [0.25, 0.3) is 0 Å². The van der Waals surface area contributed by atoms with Crippen molar-refractivity contribution in [1.82, 2.24) is 15.3 Å². The van der Waals surface area contributed by atoms with Crippen LogP contribution in [-0.2, 0) is 0 Å². The van der Waals surface area contributed by atoms with E-state index in [4.69, 9.17) is 0 Å². The lowest BCUT2D eigenvalue weighted by Gasteiger charge is -2.08. The van der Waals surface area contributed by atoms with Gasteiger partial charge in [0, 0.05) is 12.7 Å². The van der Waals surface area contributed by atoms with E-state index in [-0.39, 0.29) is 0 Å². The number of nitrogens with one attached hydrogen (secondary N) is 1. The number of hydrogen-bond acceptors (Lipinski definition) is 4. The summed E-state index contributed by atoms with van der Waals surface area (Å²) in [5.74, 6) is 0.627. The minimum absolute atomic E-state index is 0.627. The highest BCUT2D eigenvalue weighted by Crippen LogP contribution is 2.28. The molecule has 0 aliphatic carbocycles. The van der Waals surface area contributed by atoms with Crippen LogP contribution in [0.5, 0.6) is 0 Å². The first-order valence-corrected chi connectivity index (χ1v) is 5.72. The van der Waals surface area contributed by atoms with Gasteiger partial charge in [0.15, 0.2) is 0 Å². The Labute approximate surface area is 86.2 Å². The second-order valence-electron chi connectivity index (χ2n) is 3.60. The SMILES string of the molecule is c1cc(C2CCNC2)c2ncsc2n1. The fourth-order valence-corrected chi connectivity index (χ4v) is 2.71. The summed E-state index contributed by atoms with van der Waals surface area (Å²) in [6.45, 7) is 2.20. The average molecular weight is 205 g/mol. The third kappa shape index (κ3) is 1.22. The first-order chi connectivity index (χ1) is 6.95. The normalized spacial score (nSPS) is 21.9. The van der Waals surface area contributed by atoms with E-state index in [1.807, 2.05) is 11.7 Å². The molecule has 1 aliphatic heterocycles. The van der Waals surface area contributed by atoms with Crippen LogP contribution in [0.15, 0.2) is 17.8 Å². The van der Waals surface area contributed by atoms with Gasteiger partial charge in [-0.1, -0.05) is 0 Å². The summed E-state index contributed by atoms with van der Waals surface area (Å²) in [7, 11) is 0. The Morgan fingerprint density at radius 2 is 2.43 bits per heavy atom. The molecule has 0 bridgehead atoms. The van der Waals surface area contributed by atoms with Crippen molar-refractivity contribution >= 4 is 21.7 Å². The van der Waals surface area contributed by atoms with Crippen molar-refractivity contribution in [1.29, 1.82) is 0 Å². The van der Waals surface area contributed by atoms with Crippen LogP contribution in [0.25, 0.3) is 10.3 Å². The molecule has 1 N–H and O–H groups in total. The van der Waals surface area contributed by atoms with Crippen molar-refractivity contribution in [2.75, 3.05) is 13.1 Å². The molecule has 72 valence electrons. The molecule has 0 saturated carbocycles. The van der Waals surface area contributed by atoms with Gasteiger partial charge in [0.2, 0.25) is 0 Å². The summed E-state index contributed by atoms with van der Waals surface area (Å²) in [6, 6.07) is 2.11. The molecular weight excluding hydrogens is 194 g/mol. The molecule has 0 amide bonds. The highest BCUT2D eigenvalue weighted by molar-refractivity contribution is 7.16. The van der Waals surface area contributed by atoms with E-state index in [1.165, 1.54) is 12.0 Å². The number of fused-ring (bicyclic) bond motifs is 1. The number of aromatic nitrogens is 2. The number of hydrogen-bond donors (Lipinski definition) is 1. The third-order valence-electron chi connectivity index (χ3n) is 2.77. The van der Waals surface area contributed by atoms with Gasteiger partial charge in [-0.3, -0.25) is 0 Å². The Hall–Kier alpha value is -1.00. The monoisotopic (exact) mass is 205 g/mol. The molecule has 1 atom stereocenters. The minimum atomic E-state index is 0.627. The maximum absolute atomic E-state index is 4.39. The second kappa shape index (κ2) is 3.29. The number of pyridine rings is 1. The van der Waals surface area contributed by atoms with Gasteiger partial charge in [-0.2, -0.15) is 0 Å². The topological polar surface area (TPSA) is 37.8 Å². The number of nitrogens with zero attached hydrogens (tertiary/aromatic N) is 2. The van der Waals surface area contributed by atoms with Crippen molar-refractivity contribution in [3.8, 4) is 0 Å². The number of thiazole rings is 1. The Morgan fingerprint density at radius 1 is 1.43 bits per heavy atom. The molecule has 0 radical (unpaired) electrons. The van der Waals surface area contributed by atoms with E-state index < -0.39 is 0 Å². The molecule has 0 spiro atoms. The molecule has 1 fully saturated rings. The molecule has 1 aliphatic rings. The summed E-state index contributed by atoms with van der Waals surface area (Å²) >= 11 is 1.62. The first kappa shape index (κ1) is 8.32. The van der Waals surface area contributed by atoms with Crippen LogP contribution in [0, 0.1) is 0 Å². The molecule has 3 nitrogen and oxygen atoms in total. The summed E-state index contributed by atoms with van der Waals surface area (Å²) in [6.07, 6.45) is 3.12. The highest BCUT2D eigenvalue weighted by atomic mass is 32.1. The zero-order valence-corrected chi connectivity index (χ0v) is 8.55. The molecule has 1 saturated heterocycles. The quantitative estimate of drug-likeness (QED) is 0.771. The minimum Gasteiger partial charge on any atom is -0.316 e. The summed E-state index contributed by atoms with van der Waals surface area (Å²) in [5.41, 5.74) is 4.34. The van der Waals surface area contributed by atoms with E-state index in [1.54, 1.807) is 11.3 Å². The molecular formula is C10H11N3S. The van der Waals surface area contributed by atoms with Crippen molar-refractivity contribution < 1.29 is 0 Å². The fraction of sp³-hybridized carbons (Fsp3) is 0.400. The summed E-state index contributed by atoms with van der Waals surface area (Å²) in [5, 5.41) is 3.38. The van der Waals surface area contributed by atoms with Gasteiger partial charge in [-0.15, -0.1) is 11.3 Å². The molecule has 0 aromatic carbocycles. The molecule has 3 heterocycles. The van der Waals surface area contributed by atoms with E-state index in [0.29, 0.717) is 5.92 Å². The van der Waals surface area contributed by atoms with Crippen LogP contribution < -0.4 is 5.32 Å². The van der Waals surface area contributed by atoms with Crippen LogP contribution >= 0.6 is 11.3 Å². The van der Waals surface area contributed by atoms with Crippen LogP contribution in [0.1, 0.15) is 17.9 Å². The molecule has 3 rings (SSSR count). The van der Waals surface area contributed by atoms with Crippen LogP contribution in [0.3, 0.4) is 0 Å². The standard InChI is InChI=1S/C10H11N3S/c1-3-11-5-7(1)8-2-4-12-10-9(8)13-6-14-10/h2,4,6-7,11H,1,3,5H2. The predicted molar refractivity (Wildman–Crippen MR) is 57.6 cm³/mol. The van der Waals surface area contributed by atoms with Gasteiger partial charge in [-0.25, -0.2) is 9.97 Å². The third-order valence-corrected chi connectivity index (χ3v) is 3.50. The van der Waals surface area contributed by atoms with E-state index in [0.717, 1.165) is 23.4 Å². The smallest absolute Gasteiger partial charge is 0.143 e. The lowest BCUT2D eigenvalue weighted by molar-refractivity contribution is 0.767. The van der Waals surface area contributed by atoms with Crippen molar-refractivity contribution in [3.63, 3.8) is 0 Å². The Kier molecular flexibility index (Phi) is 1.96.